The molecule has 4 heterocycles. The van der Waals surface area contributed by atoms with E-state index in [2.05, 4.69) is 31.4 Å². The number of hydrogen-bond donors (Lipinski definition) is 1. The zero-order valence-corrected chi connectivity index (χ0v) is 10.9. The molecule has 3 aromatic rings. The summed E-state index contributed by atoms with van der Waals surface area (Å²) in [4.78, 5) is 12.7. The van der Waals surface area contributed by atoms with Gasteiger partial charge in [-0.3, -0.25) is 0 Å². The van der Waals surface area contributed by atoms with Crippen molar-refractivity contribution in [2.45, 2.75) is 6.92 Å². The first-order valence-corrected chi connectivity index (χ1v) is 6.39. The third kappa shape index (κ3) is 1.65. The summed E-state index contributed by atoms with van der Waals surface area (Å²) in [5, 5.41) is 7.85. The van der Waals surface area contributed by atoms with E-state index in [1.54, 1.807) is 10.8 Å². The summed E-state index contributed by atoms with van der Waals surface area (Å²) in [6, 6.07) is 3.96. The second-order valence-corrected chi connectivity index (χ2v) is 4.69. The fourth-order valence-electron chi connectivity index (χ4n) is 2.41. The normalized spacial score (nSPS) is 13.8. The Hall–Kier alpha value is -2.76. The van der Waals surface area contributed by atoms with Gasteiger partial charge in [-0.05, 0) is 19.1 Å². The van der Waals surface area contributed by atoms with Crippen LogP contribution in [-0.2, 0) is 0 Å². The van der Waals surface area contributed by atoms with Crippen LogP contribution in [0.4, 0.5) is 5.82 Å². The first-order chi connectivity index (χ1) is 9.81. The Balaban J connectivity index is 1.88. The molecule has 1 aliphatic rings. The van der Waals surface area contributed by atoms with Crippen LogP contribution in [0.3, 0.4) is 0 Å². The van der Waals surface area contributed by atoms with E-state index in [0.717, 1.165) is 40.5 Å². The van der Waals surface area contributed by atoms with Crippen LogP contribution in [0.5, 0.6) is 0 Å². The second kappa shape index (κ2) is 4.12. The van der Waals surface area contributed by atoms with Crippen LogP contribution in [0.1, 0.15) is 17.0 Å². The van der Waals surface area contributed by atoms with Crippen molar-refractivity contribution >= 4 is 17.0 Å². The van der Waals surface area contributed by atoms with Gasteiger partial charge in [0.2, 0.25) is 0 Å². The molecule has 0 spiro atoms. The van der Waals surface area contributed by atoms with Gasteiger partial charge >= 0.3 is 0 Å². The van der Waals surface area contributed by atoms with Crippen LogP contribution in [0, 0.1) is 6.92 Å². The van der Waals surface area contributed by atoms with E-state index in [4.69, 9.17) is 0 Å². The van der Waals surface area contributed by atoms with Crippen LogP contribution in [0.2, 0.25) is 0 Å². The predicted molar refractivity (Wildman–Crippen MR) is 75.3 cm³/mol. The molecule has 1 N–H and O–H groups in total. The SMILES string of the molecule is Cc1cn2nc(C3=CCNc4ncncc43)ccc2n1. The van der Waals surface area contributed by atoms with E-state index in [9.17, 15) is 0 Å². The van der Waals surface area contributed by atoms with Crippen LogP contribution < -0.4 is 5.32 Å². The van der Waals surface area contributed by atoms with Gasteiger partial charge in [0.05, 0.1) is 17.6 Å². The third-order valence-corrected chi connectivity index (χ3v) is 3.29. The van der Waals surface area contributed by atoms with Gasteiger partial charge in [0, 0.05) is 23.9 Å². The zero-order valence-electron chi connectivity index (χ0n) is 10.9. The molecule has 0 bridgehead atoms. The number of nitrogens with zero attached hydrogens (tertiary/aromatic N) is 5. The van der Waals surface area contributed by atoms with Crippen LogP contribution >= 0.6 is 0 Å². The molecule has 98 valence electrons. The molecule has 20 heavy (non-hydrogen) atoms. The third-order valence-electron chi connectivity index (χ3n) is 3.29. The van der Waals surface area contributed by atoms with Crippen molar-refractivity contribution in [1.82, 2.24) is 24.6 Å². The number of hydrogen-bond acceptors (Lipinski definition) is 5. The van der Waals surface area contributed by atoms with Gasteiger partial charge in [-0.15, -0.1) is 0 Å². The number of nitrogens with one attached hydrogen (secondary N) is 1. The summed E-state index contributed by atoms with van der Waals surface area (Å²) in [6.45, 7) is 2.70. The summed E-state index contributed by atoms with van der Waals surface area (Å²) in [6.07, 6.45) is 7.38. The highest BCUT2D eigenvalue weighted by atomic mass is 15.2. The molecular formula is C14H12N6. The molecule has 0 saturated heterocycles. The lowest BCUT2D eigenvalue weighted by Crippen LogP contribution is -2.12. The molecule has 0 fully saturated rings. The lowest BCUT2D eigenvalue weighted by atomic mass is 10.0. The molecule has 3 aromatic heterocycles. The van der Waals surface area contributed by atoms with Gasteiger partial charge < -0.3 is 5.32 Å². The maximum absolute atomic E-state index is 4.62. The lowest BCUT2D eigenvalue weighted by molar-refractivity contribution is 0.918. The monoisotopic (exact) mass is 264 g/mol. The largest absolute Gasteiger partial charge is 0.366 e. The molecule has 0 unspecified atom stereocenters. The van der Waals surface area contributed by atoms with E-state index >= 15 is 0 Å². The minimum Gasteiger partial charge on any atom is -0.366 e. The van der Waals surface area contributed by atoms with Gasteiger partial charge in [-0.25, -0.2) is 19.5 Å². The van der Waals surface area contributed by atoms with E-state index in [0.29, 0.717) is 0 Å². The van der Waals surface area contributed by atoms with Crippen molar-refractivity contribution in [1.29, 1.82) is 0 Å². The highest BCUT2D eigenvalue weighted by Gasteiger charge is 2.16. The Morgan fingerprint density at radius 2 is 2.25 bits per heavy atom. The maximum Gasteiger partial charge on any atom is 0.153 e. The fourth-order valence-corrected chi connectivity index (χ4v) is 2.41. The number of aryl methyl sites for hydroxylation is 1. The molecular weight excluding hydrogens is 252 g/mol. The minimum atomic E-state index is 0.738. The topological polar surface area (TPSA) is 68.0 Å². The van der Waals surface area contributed by atoms with E-state index < -0.39 is 0 Å². The van der Waals surface area contributed by atoms with Crippen molar-refractivity contribution in [2.75, 3.05) is 11.9 Å². The van der Waals surface area contributed by atoms with Crippen LogP contribution in [0.25, 0.3) is 11.2 Å². The summed E-state index contributed by atoms with van der Waals surface area (Å²) >= 11 is 0. The number of anilines is 1. The summed E-state index contributed by atoms with van der Waals surface area (Å²) in [7, 11) is 0. The van der Waals surface area contributed by atoms with Crippen molar-refractivity contribution < 1.29 is 0 Å². The van der Waals surface area contributed by atoms with Crippen molar-refractivity contribution in [3.63, 3.8) is 0 Å². The van der Waals surface area contributed by atoms with E-state index in [-0.39, 0.29) is 0 Å². The van der Waals surface area contributed by atoms with Gasteiger partial charge in [0.25, 0.3) is 0 Å². The number of rotatable bonds is 1. The number of fused-ring (bicyclic) bond motifs is 2. The minimum absolute atomic E-state index is 0.738. The standard InChI is InChI=1S/C14H12N6/c1-9-7-20-13(18-9)3-2-12(19-20)10-4-5-16-14-11(10)6-15-8-17-14/h2-4,6-8H,5H2,1H3,(H,15,16,17). The van der Waals surface area contributed by atoms with Crippen molar-refractivity contribution in [2.24, 2.45) is 0 Å². The number of aromatic nitrogens is 5. The Labute approximate surface area is 115 Å². The molecule has 0 saturated carbocycles. The summed E-state index contributed by atoms with van der Waals surface area (Å²) in [5.41, 5.74) is 4.73. The Morgan fingerprint density at radius 3 is 3.20 bits per heavy atom. The molecule has 0 atom stereocenters. The molecule has 0 radical (unpaired) electrons. The lowest BCUT2D eigenvalue weighted by Gasteiger charge is -2.17. The predicted octanol–water partition coefficient (Wildman–Crippen LogP) is 1.68. The first kappa shape index (κ1) is 11.1. The highest BCUT2D eigenvalue weighted by molar-refractivity contribution is 5.85. The first-order valence-electron chi connectivity index (χ1n) is 6.39. The number of imidazole rings is 1. The molecule has 6 heteroatoms. The van der Waals surface area contributed by atoms with Crippen LogP contribution in [-0.4, -0.2) is 31.1 Å². The molecule has 4 rings (SSSR count). The van der Waals surface area contributed by atoms with E-state index in [1.807, 2.05) is 31.5 Å². The zero-order chi connectivity index (χ0) is 13.5. The molecule has 6 nitrogen and oxygen atoms in total. The Morgan fingerprint density at radius 1 is 1.30 bits per heavy atom. The van der Waals surface area contributed by atoms with E-state index in [1.165, 1.54) is 0 Å². The molecule has 0 aliphatic carbocycles. The van der Waals surface area contributed by atoms with Gasteiger partial charge in [-0.1, -0.05) is 6.08 Å². The van der Waals surface area contributed by atoms with Gasteiger partial charge in [0.1, 0.15) is 12.1 Å². The average molecular weight is 264 g/mol. The second-order valence-electron chi connectivity index (χ2n) is 4.69. The molecule has 0 aromatic carbocycles. The quantitative estimate of drug-likeness (QED) is 0.724. The van der Waals surface area contributed by atoms with Gasteiger partial charge in [0.15, 0.2) is 5.65 Å². The summed E-state index contributed by atoms with van der Waals surface area (Å²) < 4.78 is 1.80. The smallest absolute Gasteiger partial charge is 0.153 e. The van der Waals surface area contributed by atoms with Gasteiger partial charge in [-0.2, -0.15) is 5.10 Å². The van der Waals surface area contributed by atoms with Crippen LogP contribution in [0.15, 0.2) is 36.9 Å². The van der Waals surface area contributed by atoms with Crippen molar-refractivity contribution in [3.05, 3.63) is 53.9 Å². The Bertz CT molecular complexity index is 833. The molecule has 1 aliphatic heterocycles. The van der Waals surface area contributed by atoms with Crippen molar-refractivity contribution in [3.8, 4) is 0 Å². The summed E-state index contributed by atoms with van der Waals surface area (Å²) in [5.74, 6) is 0.848. The Kier molecular flexibility index (Phi) is 2.29. The average Bonchev–Trinajstić information content (AvgIpc) is 2.85. The maximum atomic E-state index is 4.62. The highest BCUT2D eigenvalue weighted by Crippen LogP contribution is 2.28. The molecule has 0 amide bonds. The fraction of sp³-hybridized carbons (Fsp3) is 0.143.